The van der Waals surface area contributed by atoms with E-state index in [0.717, 1.165) is 32.5 Å². The molecule has 0 saturated carbocycles. The normalized spacial score (nSPS) is 18.8. The summed E-state index contributed by atoms with van der Waals surface area (Å²) in [6.45, 7) is 6.70. The summed E-state index contributed by atoms with van der Waals surface area (Å²) in [4.78, 5) is 10.8. The second kappa shape index (κ2) is 5.80. The zero-order chi connectivity index (χ0) is 12.9. The minimum absolute atomic E-state index is 0.0871. The van der Waals surface area contributed by atoms with E-state index >= 15 is 0 Å². The van der Waals surface area contributed by atoms with Crippen molar-refractivity contribution in [3.05, 3.63) is 0 Å². The van der Waals surface area contributed by atoms with Gasteiger partial charge in [0.25, 0.3) is 0 Å². The topological polar surface area (TPSA) is 81.6 Å². The second-order valence-electron chi connectivity index (χ2n) is 5.80. The van der Waals surface area contributed by atoms with E-state index in [2.05, 4.69) is 24.5 Å². The Morgan fingerprint density at radius 2 is 2.12 bits per heavy atom. The zero-order valence-electron chi connectivity index (χ0n) is 10.8. The van der Waals surface area contributed by atoms with Crippen LogP contribution in [0, 0.1) is 5.41 Å². The molecule has 1 aliphatic rings. The quantitative estimate of drug-likeness (QED) is 0.490. The number of carboxylic acid groups (broad SMARTS) is 1. The van der Waals surface area contributed by atoms with Gasteiger partial charge >= 0.3 is 5.97 Å². The predicted octanol–water partition coefficient (Wildman–Crippen LogP) is 0.191. The summed E-state index contributed by atoms with van der Waals surface area (Å²) in [5.74, 6) is -0.757. The lowest BCUT2D eigenvalue weighted by atomic mass is 9.83. The van der Waals surface area contributed by atoms with Crippen molar-refractivity contribution in [2.75, 3.05) is 26.2 Å². The van der Waals surface area contributed by atoms with Crippen LogP contribution in [-0.2, 0) is 4.79 Å². The summed E-state index contributed by atoms with van der Waals surface area (Å²) in [6.07, 6.45) is 1.89. The van der Waals surface area contributed by atoms with Crippen molar-refractivity contribution in [2.45, 2.75) is 38.6 Å². The lowest BCUT2D eigenvalue weighted by molar-refractivity contribution is -0.139. The third-order valence-corrected chi connectivity index (χ3v) is 3.37. The van der Waals surface area contributed by atoms with Gasteiger partial charge in [-0.15, -0.1) is 0 Å². The van der Waals surface area contributed by atoms with Crippen LogP contribution in [0.5, 0.6) is 0 Å². The summed E-state index contributed by atoms with van der Waals surface area (Å²) >= 11 is 0. The molecule has 0 amide bonds. The van der Waals surface area contributed by atoms with E-state index in [-0.39, 0.29) is 24.0 Å². The lowest BCUT2D eigenvalue weighted by Crippen LogP contribution is -2.69. The monoisotopic (exact) mass is 244 g/mol. The van der Waals surface area contributed by atoms with Gasteiger partial charge in [0.05, 0.1) is 12.0 Å². The summed E-state index contributed by atoms with van der Waals surface area (Å²) < 4.78 is 0. The highest BCUT2D eigenvalue weighted by molar-refractivity contribution is 5.68. The lowest BCUT2D eigenvalue weighted by Gasteiger charge is -2.44. The minimum Gasteiger partial charge on any atom is -0.481 e. The van der Waals surface area contributed by atoms with E-state index in [1.807, 2.05) is 0 Å². The van der Waals surface area contributed by atoms with Crippen LogP contribution in [0.1, 0.15) is 33.1 Å². The predicted molar refractivity (Wildman–Crippen MR) is 66.0 cm³/mol. The molecule has 17 heavy (non-hydrogen) atoms. The SMILES string of the molecule is CC(C)(CCCO)CNC1(CC(=O)O)CNC1. The number of aliphatic hydroxyl groups is 1. The molecule has 1 saturated heterocycles. The Bertz CT molecular complexity index is 262. The third-order valence-electron chi connectivity index (χ3n) is 3.37. The molecule has 5 nitrogen and oxygen atoms in total. The van der Waals surface area contributed by atoms with Crippen LogP contribution in [0.15, 0.2) is 0 Å². The Hall–Kier alpha value is -0.650. The fraction of sp³-hybridized carbons (Fsp3) is 0.917. The number of carboxylic acids is 1. The van der Waals surface area contributed by atoms with Gasteiger partial charge in [-0.25, -0.2) is 0 Å². The van der Waals surface area contributed by atoms with E-state index in [4.69, 9.17) is 10.2 Å². The van der Waals surface area contributed by atoms with E-state index in [1.165, 1.54) is 0 Å². The fourth-order valence-corrected chi connectivity index (χ4v) is 2.10. The van der Waals surface area contributed by atoms with Crippen LogP contribution in [0.25, 0.3) is 0 Å². The first-order chi connectivity index (χ1) is 7.89. The van der Waals surface area contributed by atoms with Crippen molar-refractivity contribution in [3.63, 3.8) is 0 Å². The molecular weight excluding hydrogens is 220 g/mol. The first-order valence-electron chi connectivity index (χ1n) is 6.18. The molecule has 0 aromatic carbocycles. The molecule has 0 unspecified atom stereocenters. The number of rotatable bonds is 8. The van der Waals surface area contributed by atoms with Crippen LogP contribution < -0.4 is 10.6 Å². The van der Waals surface area contributed by atoms with Crippen molar-refractivity contribution in [3.8, 4) is 0 Å². The van der Waals surface area contributed by atoms with Gasteiger partial charge in [0.2, 0.25) is 0 Å². The van der Waals surface area contributed by atoms with Crippen LogP contribution >= 0.6 is 0 Å². The highest BCUT2D eigenvalue weighted by Gasteiger charge is 2.39. The molecule has 0 aliphatic carbocycles. The maximum absolute atomic E-state index is 10.8. The number of aliphatic carboxylic acids is 1. The molecule has 1 fully saturated rings. The standard InChI is InChI=1S/C12H24N2O3/c1-11(2,4-3-5-15)7-14-12(6-10(16)17)8-13-9-12/h13-15H,3-9H2,1-2H3,(H,16,17). The van der Waals surface area contributed by atoms with E-state index in [1.54, 1.807) is 0 Å². The molecule has 0 bridgehead atoms. The molecule has 0 aromatic heterocycles. The van der Waals surface area contributed by atoms with Gasteiger partial charge in [0.1, 0.15) is 0 Å². The van der Waals surface area contributed by atoms with Gasteiger partial charge in [-0.2, -0.15) is 0 Å². The Morgan fingerprint density at radius 3 is 2.53 bits per heavy atom. The smallest absolute Gasteiger partial charge is 0.305 e. The maximum atomic E-state index is 10.8. The molecule has 0 aromatic rings. The van der Waals surface area contributed by atoms with Gasteiger partial charge in [-0.3, -0.25) is 4.79 Å². The molecule has 1 rings (SSSR count). The largest absolute Gasteiger partial charge is 0.481 e. The zero-order valence-corrected chi connectivity index (χ0v) is 10.8. The molecule has 4 N–H and O–H groups in total. The molecule has 0 spiro atoms. The number of aliphatic hydroxyl groups excluding tert-OH is 1. The summed E-state index contributed by atoms with van der Waals surface area (Å²) in [6, 6.07) is 0. The molecular formula is C12H24N2O3. The fourth-order valence-electron chi connectivity index (χ4n) is 2.10. The molecule has 1 heterocycles. The average Bonchev–Trinajstić information content (AvgIpc) is 2.18. The number of hydrogen-bond acceptors (Lipinski definition) is 4. The number of nitrogens with one attached hydrogen (secondary N) is 2. The summed E-state index contributed by atoms with van der Waals surface area (Å²) in [7, 11) is 0. The Balaban J connectivity index is 2.39. The Kier molecular flexibility index (Phi) is 4.91. The highest BCUT2D eigenvalue weighted by Crippen LogP contribution is 2.24. The van der Waals surface area contributed by atoms with E-state index in [9.17, 15) is 4.79 Å². The molecule has 1 aliphatic heterocycles. The number of carbonyl (C=O) groups is 1. The van der Waals surface area contributed by atoms with E-state index < -0.39 is 5.97 Å². The van der Waals surface area contributed by atoms with Crippen molar-refractivity contribution in [1.29, 1.82) is 0 Å². The molecule has 100 valence electrons. The van der Waals surface area contributed by atoms with Crippen LogP contribution in [-0.4, -0.2) is 48.0 Å². The van der Waals surface area contributed by atoms with Gasteiger partial charge < -0.3 is 20.8 Å². The van der Waals surface area contributed by atoms with E-state index in [0.29, 0.717) is 0 Å². The van der Waals surface area contributed by atoms with Crippen molar-refractivity contribution < 1.29 is 15.0 Å². The van der Waals surface area contributed by atoms with Gasteiger partial charge in [0, 0.05) is 26.2 Å². The van der Waals surface area contributed by atoms with Crippen LogP contribution in [0.2, 0.25) is 0 Å². The molecule has 0 atom stereocenters. The number of hydrogen-bond donors (Lipinski definition) is 4. The Labute approximate surface area is 103 Å². The van der Waals surface area contributed by atoms with Crippen molar-refractivity contribution >= 4 is 5.97 Å². The van der Waals surface area contributed by atoms with Gasteiger partial charge in [0.15, 0.2) is 0 Å². The maximum Gasteiger partial charge on any atom is 0.305 e. The van der Waals surface area contributed by atoms with Crippen LogP contribution in [0.4, 0.5) is 0 Å². The highest BCUT2D eigenvalue weighted by atomic mass is 16.4. The van der Waals surface area contributed by atoms with Gasteiger partial charge in [-0.1, -0.05) is 13.8 Å². The summed E-state index contributed by atoms with van der Waals surface area (Å²) in [5.41, 5.74) is -0.188. The minimum atomic E-state index is -0.757. The molecule has 5 heteroatoms. The van der Waals surface area contributed by atoms with Gasteiger partial charge in [-0.05, 0) is 18.3 Å². The first kappa shape index (κ1) is 14.4. The average molecular weight is 244 g/mol. The summed E-state index contributed by atoms with van der Waals surface area (Å²) in [5, 5.41) is 24.2. The van der Waals surface area contributed by atoms with Crippen LogP contribution in [0.3, 0.4) is 0 Å². The molecule has 0 radical (unpaired) electrons. The third kappa shape index (κ3) is 4.61. The van der Waals surface area contributed by atoms with Crippen molar-refractivity contribution in [2.24, 2.45) is 5.41 Å². The second-order valence-corrected chi connectivity index (χ2v) is 5.80. The Morgan fingerprint density at radius 1 is 1.47 bits per heavy atom. The first-order valence-corrected chi connectivity index (χ1v) is 6.18. The van der Waals surface area contributed by atoms with Crippen molar-refractivity contribution in [1.82, 2.24) is 10.6 Å².